The van der Waals surface area contributed by atoms with E-state index in [4.69, 9.17) is 0 Å². The number of rotatable bonds is 3. The van der Waals surface area contributed by atoms with Gasteiger partial charge in [0, 0.05) is 0 Å². The Morgan fingerprint density at radius 3 is 1.33 bits per heavy atom. The molecular weight excluding hydrogens is 427 g/mol. The molecule has 0 aliphatic carbocycles. The van der Waals surface area contributed by atoms with Crippen LogP contribution < -0.4 is 0 Å². The molecule has 1 aromatic carbocycles. The van der Waals surface area contributed by atoms with Gasteiger partial charge in [0.25, 0.3) is 6.10 Å². The zero-order valence-corrected chi connectivity index (χ0v) is 19.7. The lowest BCUT2D eigenvalue weighted by Gasteiger charge is -2.32. The highest BCUT2D eigenvalue weighted by atomic mass is 31.1. The average Bonchev–Trinajstić information content (AvgIpc) is 2.45. The first kappa shape index (κ1) is 26.9. The number of halogens is 6. The number of nitrogens with zero attached hydrogens (tertiary/aromatic N) is 1. The van der Waals surface area contributed by atoms with E-state index in [-0.39, 0.29) is 5.41 Å². The van der Waals surface area contributed by atoms with Crippen molar-refractivity contribution in [2.24, 2.45) is 4.74 Å². The fourth-order valence-electron chi connectivity index (χ4n) is 2.74. The van der Waals surface area contributed by atoms with Crippen molar-refractivity contribution in [1.29, 1.82) is 0 Å². The lowest BCUT2D eigenvalue weighted by atomic mass is 9.74. The Balaban J connectivity index is 3.66. The van der Waals surface area contributed by atoms with Crippen LogP contribution in [0.2, 0.25) is 0 Å². The summed E-state index contributed by atoms with van der Waals surface area (Å²) in [5.74, 6) is 0. The maximum atomic E-state index is 12.8. The van der Waals surface area contributed by atoms with Crippen molar-refractivity contribution in [1.82, 2.24) is 0 Å². The Kier molecular flexibility index (Phi) is 7.55. The summed E-state index contributed by atoms with van der Waals surface area (Å²) in [5, 5.41) is 0. The Bertz CT molecular complexity index is 728. The molecule has 0 amide bonds. The quantitative estimate of drug-likeness (QED) is 0.328. The van der Waals surface area contributed by atoms with E-state index >= 15 is 0 Å². The largest absolute Gasteiger partial charge is 0.424 e. The maximum absolute atomic E-state index is 12.8. The summed E-state index contributed by atoms with van der Waals surface area (Å²) in [4.78, 5) is 0. The molecule has 0 unspecified atom stereocenters. The van der Waals surface area contributed by atoms with Gasteiger partial charge in [-0.3, -0.25) is 4.52 Å². The normalized spacial score (nSPS) is 14.8. The van der Waals surface area contributed by atoms with Crippen molar-refractivity contribution in [3.05, 3.63) is 28.8 Å². The fourth-order valence-corrected chi connectivity index (χ4v) is 3.41. The Labute approximate surface area is 176 Å². The third kappa shape index (κ3) is 6.94. The minimum Gasteiger partial charge on any atom is -0.288 e. The summed E-state index contributed by atoms with van der Waals surface area (Å²) in [6.45, 7) is 17.7. The highest BCUT2D eigenvalue weighted by molar-refractivity contribution is 7.20. The van der Waals surface area contributed by atoms with Crippen LogP contribution in [0, 0.1) is 0 Å². The first-order valence-corrected chi connectivity index (χ1v) is 10.2. The van der Waals surface area contributed by atoms with E-state index < -0.39 is 37.9 Å². The molecule has 0 fully saturated rings. The molecule has 0 aliphatic rings. The summed E-state index contributed by atoms with van der Waals surface area (Å²) in [7, 11) is -0.758. The minimum atomic E-state index is -5.57. The van der Waals surface area contributed by atoms with Gasteiger partial charge in [-0.05, 0) is 32.9 Å². The molecule has 0 saturated heterocycles. The van der Waals surface area contributed by atoms with E-state index in [2.05, 4.69) is 9.27 Å². The third-order valence-corrected chi connectivity index (χ3v) is 5.07. The monoisotopic (exact) mass is 457 g/mol. The molecule has 2 nitrogen and oxygen atoms in total. The van der Waals surface area contributed by atoms with Gasteiger partial charge >= 0.3 is 12.4 Å². The highest BCUT2D eigenvalue weighted by Crippen LogP contribution is 2.45. The van der Waals surface area contributed by atoms with Gasteiger partial charge in [0.2, 0.25) is 0 Å². The van der Waals surface area contributed by atoms with Gasteiger partial charge < -0.3 is 0 Å². The van der Waals surface area contributed by atoms with E-state index in [0.29, 0.717) is 5.69 Å². The molecule has 30 heavy (non-hydrogen) atoms. The van der Waals surface area contributed by atoms with Crippen LogP contribution >= 0.6 is 8.60 Å². The van der Waals surface area contributed by atoms with E-state index in [1.165, 1.54) is 0 Å². The van der Waals surface area contributed by atoms with Gasteiger partial charge in [0.05, 0.1) is 5.69 Å². The SMILES string of the molecule is CC(C)(C)c1cc(C(C)(C)C)c(N=POC(C(F)(F)F)C(F)(F)F)c(C(C)(C)C)c1. The molecule has 172 valence electrons. The lowest BCUT2D eigenvalue weighted by molar-refractivity contribution is -0.297. The Hall–Kier alpha value is -1.14. The first-order chi connectivity index (χ1) is 13.1. The molecule has 0 heterocycles. The second-order valence-electron chi connectivity index (χ2n) is 10.4. The fraction of sp³-hybridized carbons (Fsp3) is 0.714. The van der Waals surface area contributed by atoms with Crippen molar-refractivity contribution in [3.63, 3.8) is 0 Å². The van der Waals surface area contributed by atoms with Crippen molar-refractivity contribution < 1.29 is 30.9 Å². The second kappa shape index (κ2) is 8.42. The molecule has 0 radical (unpaired) electrons. The molecule has 9 heteroatoms. The van der Waals surface area contributed by atoms with E-state index in [9.17, 15) is 26.3 Å². The smallest absolute Gasteiger partial charge is 0.288 e. The van der Waals surface area contributed by atoms with Gasteiger partial charge in [-0.25, -0.2) is 4.74 Å². The first-order valence-electron chi connectivity index (χ1n) is 9.46. The number of hydrogen-bond acceptors (Lipinski definition) is 2. The molecule has 1 rings (SSSR count). The maximum Gasteiger partial charge on any atom is 0.424 e. The summed E-state index contributed by atoms with van der Waals surface area (Å²) < 4.78 is 84.9. The predicted octanol–water partition coefficient (Wildman–Crippen LogP) is 8.77. The third-order valence-electron chi connectivity index (χ3n) is 4.48. The van der Waals surface area contributed by atoms with E-state index in [0.717, 1.165) is 16.7 Å². The molecular formula is C21H30F6NOP. The van der Waals surface area contributed by atoms with Crippen LogP contribution in [-0.4, -0.2) is 18.5 Å². The van der Waals surface area contributed by atoms with Crippen LogP contribution in [0.15, 0.2) is 16.9 Å². The number of hydrogen-bond donors (Lipinski definition) is 0. The highest BCUT2D eigenvalue weighted by Gasteiger charge is 2.58. The second-order valence-corrected chi connectivity index (χ2v) is 11.0. The van der Waals surface area contributed by atoms with Crippen molar-refractivity contribution in [2.45, 2.75) is 97.0 Å². The summed E-state index contributed by atoms with van der Waals surface area (Å²) in [6.07, 6.45) is -15.0. The van der Waals surface area contributed by atoms with Crippen LogP contribution in [0.3, 0.4) is 0 Å². The molecule has 0 aliphatic heterocycles. The summed E-state index contributed by atoms with van der Waals surface area (Å²) in [6, 6.07) is 3.85. The molecule has 0 aromatic heterocycles. The van der Waals surface area contributed by atoms with Crippen molar-refractivity contribution in [3.8, 4) is 0 Å². The topological polar surface area (TPSA) is 21.6 Å². The van der Waals surface area contributed by atoms with Gasteiger partial charge in [-0.2, -0.15) is 26.3 Å². The van der Waals surface area contributed by atoms with E-state index in [1.807, 2.05) is 74.4 Å². The molecule has 0 saturated carbocycles. The summed E-state index contributed by atoms with van der Waals surface area (Å²) >= 11 is 0. The molecule has 0 spiro atoms. The molecule has 0 atom stereocenters. The average molecular weight is 457 g/mol. The van der Waals surface area contributed by atoms with Gasteiger partial charge in [0.1, 0.15) is 0 Å². The summed E-state index contributed by atoms with van der Waals surface area (Å²) in [5.41, 5.74) is 1.78. The zero-order chi connectivity index (χ0) is 23.9. The Morgan fingerprint density at radius 1 is 0.700 bits per heavy atom. The van der Waals surface area contributed by atoms with Crippen LogP contribution in [-0.2, 0) is 20.8 Å². The predicted molar refractivity (Wildman–Crippen MR) is 109 cm³/mol. The molecule has 1 aromatic rings. The molecule has 0 bridgehead atoms. The van der Waals surface area contributed by atoms with Crippen LogP contribution in [0.4, 0.5) is 32.0 Å². The van der Waals surface area contributed by atoms with Gasteiger partial charge in [-0.1, -0.05) is 74.4 Å². The van der Waals surface area contributed by atoms with Crippen LogP contribution in [0.1, 0.15) is 79.0 Å². The van der Waals surface area contributed by atoms with Crippen molar-refractivity contribution in [2.75, 3.05) is 0 Å². The minimum absolute atomic E-state index is 0.204. The Morgan fingerprint density at radius 2 is 1.07 bits per heavy atom. The number of benzene rings is 1. The van der Waals surface area contributed by atoms with E-state index in [1.54, 1.807) is 0 Å². The van der Waals surface area contributed by atoms with Crippen molar-refractivity contribution >= 4 is 14.3 Å². The zero-order valence-electron chi connectivity index (χ0n) is 18.8. The molecule has 0 N–H and O–H groups in total. The van der Waals surface area contributed by atoms with Crippen LogP contribution in [0.25, 0.3) is 0 Å². The van der Waals surface area contributed by atoms with Crippen LogP contribution in [0.5, 0.6) is 0 Å². The lowest BCUT2D eigenvalue weighted by Crippen LogP contribution is -2.42. The van der Waals surface area contributed by atoms with Gasteiger partial charge in [-0.15, -0.1) is 0 Å². The standard InChI is InChI=1S/C21H30F6NOP/c1-17(2,3)12-10-13(18(4,5)6)15(14(11-12)19(7,8)9)28-30-29-16(20(22,23)24)21(25,26)27/h10-11,16H,1-9H3. The van der Waals surface area contributed by atoms with Gasteiger partial charge in [0.15, 0.2) is 8.60 Å². The number of alkyl halides is 6.